The predicted molar refractivity (Wildman–Crippen MR) is 94.8 cm³/mol. The molecule has 1 amide bonds. The number of carbonyl (C=O) groups is 1. The molecule has 0 radical (unpaired) electrons. The van der Waals surface area contributed by atoms with E-state index in [-0.39, 0.29) is 17.6 Å². The van der Waals surface area contributed by atoms with Crippen LogP contribution in [0.25, 0.3) is 0 Å². The third-order valence-corrected chi connectivity index (χ3v) is 4.53. The Morgan fingerprint density at radius 2 is 2.04 bits per heavy atom. The SMILES string of the molecule is Cc1ccc(N2CCCC(C(=O)NCCc3ccc(F)cc3)C2)nn1. The van der Waals surface area contributed by atoms with Gasteiger partial charge in [0, 0.05) is 19.6 Å². The number of benzene rings is 1. The van der Waals surface area contributed by atoms with Crippen molar-refractivity contribution in [2.75, 3.05) is 24.5 Å². The van der Waals surface area contributed by atoms with Crippen LogP contribution < -0.4 is 10.2 Å². The fourth-order valence-corrected chi connectivity index (χ4v) is 3.09. The van der Waals surface area contributed by atoms with Crippen molar-refractivity contribution in [1.82, 2.24) is 15.5 Å². The first-order valence-electron chi connectivity index (χ1n) is 8.69. The van der Waals surface area contributed by atoms with Crippen LogP contribution in [-0.2, 0) is 11.2 Å². The molecule has 0 saturated carbocycles. The summed E-state index contributed by atoms with van der Waals surface area (Å²) in [7, 11) is 0. The lowest BCUT2D eigenvalue weighted by atomic mass is 9.97. The van der Waals surface area contributed by atoms with Gasteiger partial charge in [-0.1, -0.05) is 12.1 Å². The van der Waals surface area contributed by atoms with E-state index < -0.39 is 0 Å². The molecule has 2 heterocycles. The van der Waals surface area contributed by atoms with Crippen molar-refractivity contribution in [2.45, 2.75) is 26.2 Å². The molecule has 132 valence electrons. The van der Waals surface area contributed by atoms with Crippen molar-refractivity contribution in [1.29, 1.82) is 0 Å². The molecule has 1 aliphatic rings. The molecule has 1 saturated heterocycles. The Morgan fingerprint density at radius 3 is 2.76 bits per heavy atom. The summed E-state index contributed by atoms with van der Waals surface area (Å²) in [5.74, 6) is 0.626. The maximum Gasteiger partial charge on any atom is 0.224 e. The standard InChI is InChI=1S/C19H23FN4O/c1-14-4-9-18(23-22-14)24-12-2-3-16(13-24)19(25)21-11-10-15-5-7-17(20)8-6-15/h4-9,16H,2-3,10-13H2,1H3,(H,21,25). The number of rotatable bonds is 5. The highest BCUT2D eigenvalue weighted by Gasteiger charge is 2.26. The van der Waals surface area contributed by atoms with Crippen LogP contribution in [0, 0.1) is 18.7 Å². The van der Waals surface area contributed by atoms with E-state index in [4.69, 9.17) is 0 Å². The molecule has 0 bridgehead atoms. The van der Waals surface area contributed by atoms with Crippen LogP contribution in [0.4, 0.5) is 10.2 Å². The zero-order valence-electron chi connectivity index (χ0n) is 14.4. The minimum atomic E-state index is -0.241. The fourth-order valence-electron chi connectivity index (χ4n) is 3.09. The number of hydrogen-bond acceptors (Lipinski definition) is 4. The molecule has 0 aliphatic carbocycles. The van der Waals surface area contributed by atoms with E-state index in [9.17, 15) is 9.18 Å². The first kappa shape index (κ1) is 17.3. The van der Waals surface area contributed by atoms with Gasteiger partial charge in [-0.05, 0) is 56.0 Å². The van der Waals surface area contributed by atoms with Gasteiger partial charge in [-0.25, -0.2) is 4.39 Å². The van der Waals surface area contributed by atoms with Gasteiger partial charge in [0.05, 0.1) is 11.6 Å². The highest BCUT2D eigenvalue weighted by molar-refractivity contribution is 5.79. The number of carbonyl (C=O) groups excluding carboxylic acids is 1. The molecule has 1 aromatic carbocycles. The van der Waals surface area contributed by atoms with Crippen LogP contribution in [0.15, 0.2) is 36.4 Å². The highest BCUT2D eigenvalue weighted by Crippen LogP contribution is 2.21. The van der Waals surface area contributed by atoms with Crippen LogP contribution >= 0.6 is 0 Å². The normalized spacial score (nSPS) is 17.4. The fraction of sp³-hybridized carbons (Fsp3) is 0.421. The van der Waals surface area contributed by atoms with Crippen LogP contribution in [0.1, 0.15) is 24.1 Å². The number of halogens is 1. The summed E-state index contributed by atoms with van der Waals surface area (Å²) in [6.07, 6.45) is 2.55. The summed E-state index contributed by atoms with van der Waals surface area (Å²) < 4.78 is 12.9. The summed E-state index contributed by atoms with van der Waals surface area (Å²) in [6.45, 7) is 4.03. The van der Waals surface area contributed by atoms with Gasteiger partial charge in [0.2, 0.25) is 5.91 Å². The number of nitrogens with zero attached hydrogens (tertiary/aromatic N) is 3. The predicted octanol–water partition coefficient (Wildman–Crippen LogP) is 2.50. The van der Waals surface area contributed by atoms with E-state index in [0.29, 0.717) is 19.5 Å². The lowest BCUT2D eigenvalue weighted by molar-refractivity contribution is -0.125. The quantitative estimate of drug-likeness (QED) is 0.907. The van der Waals surface area contributed by atoms with Gasteiger partial charge in [0.1, 0.15) is 5.82 Å². The number of anilines is 1. The lowest BCUT2D eigenvalue weighted by Gasteiger charge is -2.32. The topological polar surface area (TPSA) is 58.1 Å². The second-order valence-electron chi connectivity index (χ2n) is 6.49. The Morgan fingerprint density at radius 1 is 1.24 bits per heavy atom. The molecule has 1 fully saturated rings. The average molecular weight is 342 g/mol. The van der Waals surface area contributed by atoms with Gasteiger partial charge in [-0.15, -0.1) is 5.10 Å². The van der Waals surface area contributed by atoms with Crippen molar-refractivity contribution < 1.29 is 9.18 Å². The molecule has 25 heavy (non-hydrogen) atoms. The third kappa shape index (κ3) is 4.75. The third-order valence-electron chi connectivity index (χ3n) is 4.53. The summed E-state index contributed by atoms with van der Waals surface area (Å²) >= 11 is 0. The molecule has 1 unspecified atom stereocenters. The Kier molecular flexibility index (Phi) is 5.58. The van der Waals surface area contributed by atoms with Gasteiger partial charge in [-0.2, -0.15) is 5.10 Å². The highest BCUT2D eigenvalue weighted by atomic mass is 19.1. The van der Waals surface area contributed by atoms with E-state index >= 15 is 0 Å². The van der Waals surface area contributed by atoms with Crippen LogP contribution in [-0.4, -0.2) is 35.7 Å². The molecule has 1 atom stereocenters. The number of aryl methyl sites for hydroxylation is 1. The second kappa shape index (κ2) is 8.05. The van der Waals surface area contributed by atoms with Crippen LogP contribution in [0.3, 0.4) is 0 Å². The number of amides is 1. The number of aromatic nitrogens is 2. The van der Waals surface area contributed by atoms with Gasteiger partial charge < -0.3 is 10.2 Å². The van der Waals surface area contributed by atoms with Crippen LogP contribution in [0.5, 0.6) is 0 Å². The van der Waals surface area contributed by atoms with E-state index in [0.717, 1.165) is 36.5 Å². The molecular weight excluding hydrogens is 319 g/mol. The zero-order chi connectivity index (χ0) is 17.6. The molecule has 1 aliphatic heterocycles. The van der Waals surface area contributed by atoms with E-state index in [1.54, 1.807) is 12.1 Å². The van der Waals surface area contributed by atoms with Gasteiger partial charge >= 0.3 is 0 Å². The molecule has 1 aromatic heterocycles. The Labute approximate surface area is 147 Å². The number of piperidine rings is 1. The summed E-state index contributed by atoms with van der Waals surface area (Å²) in [6, 6.07) is 10.3. The Bertz CT molecular complexity index is 702. The van der Waals surface area contributed by atoms with Crippen molar-refractivity contribution in [3.05, 3.63) is 53.5 Å². The van der Waals surface area contributed by atoms with Crippen molar-refractivity contribution >= 4 is 11.7 Å². The monoisotopic (exact) mass is 342 g/mol. The van der Waals surface area contributed by atoms with Crippen molar-refractivity contribution in [3.8, 4) is 0 Å². The summed E-state index contributed by atoms with van der Waals surface area (Å²) in [5, 5.41) is 11.3. The molecule has 5 nitrogen and oxygen atoms in total. The van der Waals surface area contributed by atoms with Crippen molar-refractivity contribution in [2.24, 2.45) is 5.92 Å². The maximum absolute atomic E-state index is 12.9. The van der Waals surface area contributed by atoms with Crippen molar-refractivity contribution in [3.63, 3.8) is 0 Å². The molecule has 3 rings (SSSR count). The average Bonchev–Trinajstić information content (AvgIpc) is 2.64. The first-order chi connectivity index (χ1) is 12.1. The first-order valence-corrected chi connectivity index (χ1v) is 8.69. The number of nitrogens with one attached hydrogen (secondary N) is 1. The molecular formula is C19H23FN4O. The molecule has 1 N–H and O–H groups in total. The minimum Gasteiger partial charge on any atom is -0.355 e. The molecule has 6 heteroatoms. The number of hydrogen-bond donors (Lipinski definition) is 1. The summed E-state index contributed by atoms with van der Waals surface area (Å²) in [4.78, 5) is 14.6. The minimum absolute atomic E-state index is 0.0370. The molecule has 0 spiro atoms. The van der Waals surface area contributed by atoms with E-state index in [1.807, 2.05) is 19.1 Å². The lowest BCUT2D eigenvalue weighted by Crippen LogP contribution is -2.43. The summed E-state index contributed by atoms with van der Waals surface area (Å²) in [5.41, 5.74) is 1.90. The smallest absolute Gasteiger partial charge is 0.224 e. The van der Waals surface area contributed by atoms with E-state index in [1.165, 1.54) is 12.1 Å². The van der Waals surface area contributed by atoms with Gasteiger partial charge in [-0.3, -0.25) is 4.79 Å². The Balaban J connectivity index is 1.49. The van der Waals surface area contributed by atoms with Gasteiger partial charge in [0.25, 0.3) is 0 Å². The molecule has 2 aromatic rings. The Hall–Kier alpha value is -2.50. The van der Waals surface area contributed by atoms with E-state index in [2.05, 4.69) is 20.4 Å². The van der Waals surface area contributed by atoms with Gasteiger partial charge in [0.15, 0.2) is 5.82 Å². The largest absolute Gasteiger partial charge is 0.355 e. The zero-order valence-corrected chi connectivity index (χ0v) is 14.4. The maximum atomic E-state index is 12.9. The second-order valence-corrected chi connectivity index (χ2v) is 6.49. The van der Waals surface area contributed by atoms with Crippen LogP contribution in [0.2, 0.25) is 0 Å².